The molecule has 2 aromatic carbocycles. The van der Waals surface area contributed by atoms with Crippen LogP contribution in [0.1, 0.15) is 53.0 Å². The summed E-state index contributed by atoms with van der Waals surface area (Å²) in [5, 5.41) is 12.6. The highest BCUT2D eigenvalue weighted by atomic mass is 16.5. The number of carboxylic acid groups (broad SMARTS) is 1. The molecule has 2 rings (SSSR count). The summed E-state index contributed by atoms with van der Waals surface area (Å²) in [6.45, 7) is 10.8. The van der Waals surface area contributed by atoms with Crippen molar-refractivity contribution >= 4 is 18.0 Å². The summed E-state index contributed by atoms with van der Waals surface area (Å²) < 4.78 is 5.27. The van der Waals surface area contributed by atoms with Crippen molar-refractivity contribution in [1.29, 1.82) is 0 Å². The molecule has 0 saturated heterocycles. The van der Waals surface area contributed by atoms with Gasteiger partial charge in [-0.05, 0) is 41.9 Å². The van der Waals surface area contributed by atoms with Crippen molar-refractivity contribution in [2.24, 2.45) is 17.8 Å². The van der Waals surface area contributed by atoms with Gasteiger partial charge in [0, 0.05) is 19.5 Å². The fourth-order valence-corrected chi connectivity index (χ4v) is 4.17. The van der Waals surface area contributed by atoms with Crippen LogP contribution < -0.4 is 5.32 Å². The molecule has 2 atom stereocenters. The third-order valence-electron chi connectivity index (χ3n) is 6.12. The van der Waals surface area contributed by atoms with Crippen molar-refractivity contribution in [2.75, 3.05) is 19.7 Å². The second-order valence-corrected chi connectivity index (χ2v) is 10.3. The quantitative estimate of drug-likeness (QED) is 0.321. The van der Waals surface area contributed by atoms with E-state index in [0.29, 0.717) is 18.9 Å². The molecule has 0 heterocycles. The van der Waals surface area contributed by atoms with Gasteiger partial charge < -0.3 is 20.1 Å². The summed E-state index contributed by atoms with van der Waals surface area (Å²) in [5.41, 5.74) is 2.92. The molecule has 0 aliphatic heterocycles. The summed E-state index contributed by atoms with van der Waals surface area (Å²) in [5.74, 6) is -1.33. The Morgan fingerprint density at radius 2 is 1.49 bits per heavy atom. The first kappa shape index (κ1) is 29.9. The maximum Gasteiger partial charge on any atom is 0.326 e. The minimum absolute atomic E-state index is 0.146. The van der Waals surface area contributed by atoms with Crippen LogP contribution in [-0.2, 0) is 20.7 Å². The van der Waals surface area contributed by atoms with Crippen LogP contribution in [0.5, 0.6) is 0 Å². The van der Waals surface area contributed by atoms with Crippen molar-refractivity contribution in [3.05, 3.63) is 60.2 Å². The van der Waals surface area contributed by atoms with Crippen molar-refractivity contribution in [1.82, 2.24) is 10.2 Å². The maximum atomic E-state index is 13.3. The van der Waals surface area contributed by atoms with E-state index in [1.54, 1.807) is 11.8 Å². The summed E-state index contributed by atoms with van der Waals surface area (Å²) in [6, 6.07) is 16.0. The molecule has 7 heteroatoms. The predicted molar refractivity (Wildman–Crippen MR) is 146 cm³/mol. The molecule has 7 nitrogen and oxygen atoms in total. The van der Waals surface area contributed by atoms with E-state index in [1.165, 1.54) is 0 Å². The number of esters is 1. The maximum absolute atomic E-state index is 13.3. The molecule has 0 radical (unpaired) electrons. The summed E-state index contributed by atoms with van der Waals surface area (Å²) in [4.78, 5) is 39.5. The first-order chi connectivity index (χ1) is 17.6. The van der Waals surface area contributed by atoms with Crippen molar-refractivity contribution < 1.29 is 24.2 Å². The molecule has 0 saturated carbocycles. The molecule has 0 aliphatic rings. The van der Waals surface area contributed by atoms with E-state index < -0.39 is 24.0 Å². The first-order valence-corrected chi connectivity index (χ1v) is 13.2. The van der Waals surface area contributed by atoms with Crippen molar-refractivity contribution in [3.8, 4) is 11.1 Å². The molecule has 37 heavy (non-hydrogen) atoms. The lowest BCUT2D eigenvalue weighted by Gasteiger charge is -2.30. The zero-order valence-corrected chi connectivity index (χ0v) is 22.8. The number of ether oxygens (including phenoxy) is 1. The second kappa shape index (κ2) is 15.0. The number of carbonyl (C=O) groups is 3. The Bertz CT molecular complexity index is 989. The lowest BCUT2D eigenvalue weighted by atomic mass is 9.97. The van der Waals surface area contributed by atoms with Crippen molar-refractivity contribution in [2.45, 2.75) is 59.9 Å². The van der Waals surface area contributed by atoms with Crippen LogP contribution >= 0.6 is 0 Å². The average molecular weight is 511 g/mol. The molecule has 2 aromatic rings. The van der Waals surface area contributed by atoms with Gasteiger partial charge in [-0.1, -0.05) is 88.7 Å². The third-order valence-corrected chi connectivity index (χ3v) is 6.12. The molecule has 2 N–H and O–H groups in total. The molecule has 0 fully saturated rings. The Morgan fingerprint density at radius 1 is 0.865 bits per heavy atom. The Labute approximate surface area is 221 Å². The van der Waals surface area contributed by atoms with E-state index in [2.05, 4.69) is 19.2 Å². The highest BCUT2D eigenvalue weighted by Gasteiger charge is 2.29. The molecule has 0 bridgehead atoms. The van der Waals surface area contributed by atoms with Gasteiger partial charge in [-0.2, -0.15) is 0 Å². The van der Waals surface area contributed by atoms with Crippen LogP contribution in [0.3, 0.4) is 0 Å². The number of hydrogen-bond acceptors (Lipinski definition) is 4. The lowest BCUT2D eigenvalue weighted by Crippen LogP contribution is -2.51. The molecule has 0 spiro atoms. The zero-order valence-electron chi connectivity index (χ0n) is 22.8. The van der Waals surface area contributed by atoms with Crippen LogP contribution in [0, 0.1) is 17.8 Å². The van der Waals surface area contributed by atoms with Crippen LogP contribution in [0.4, 0.5) is 4.79 Å². The summed E-state index contributed by atoms with van der Waals surface area (Å²) in [6.07, 6.45) is 1.59. The van der Waals surface area contributed by atoms with E-state index in [4.69, 9.17) is 4.74 Å². The summed E-state index contributed by atoms with van der Waals surface area (Å²) >= 11 is 0. The fraction of sp³-hybridized carbons (Fsp3) is 0.500. The van der Waals surface area contributed by atoms with E-state index in [9.17, 15) is 19.5 Å². The highest BCUT2D eigenvalue weighted by Crippen LogP contribution is 2.20. The van der Waals surface area contributed by atoms with E-state index in [1.807, 2.05) is 68.4 Å². The standard InChI is InChI=1S/C30H42N2O5/c1-6-37-29(35)26(15-12-21(2)3)20-32(19-22(4)5)30(36)31-27(28(33)34)18-23-13-16-25(17-14-23)24-10-8-7-9-11-24/h7-11,13-14,16-17,21-22,26-27H,6,12,15,18-20H2,1-5H3,(H,31,36)(H,33,34)/t26?,27-/m0/s1. The van der Waals surface area contributed by atoms with Crippen LogP contribution in [-0.4, -0.2) is 53.7 Å². The number of aliphatic carboxylic acids is 1. The van der Waals surface area contributed by atoms with Gasteiger partial charge in [0.2, 0.25) is 0 Å². The number of urea groups is 1. The Balaban J connectivity index is 2.14. The van der Waals surface area contributed by atoms with Gasteiger partial charge in [0.05, 0.1) is 12.5 Å². The van der Waals surface area contributed by atoms with Gasteiger partial charge in [-0.15, -0.1) is 0 Å². The van der Waals surface area contributed by atoms with E-state index >= 15 is 0 Å². The Morgan fingerprint density at radius 3 is 2.03 bits per heavy atom. The molecule has 0 aliphatic carbocycles. The number of carbonyl (C=O) groups excluding carboxylic acids is 2. The van der Waals surface area contributed by atoms with Gasteiger partial charge in [-0.3, -0.25) is 4.79 Å². The van der Waals surface area contributed by atoms with E-state index in [-0.39, 0.29) is 31.5 Å². The predicted octanol–water partition coefficient (Wildman–Crippen LogP) is 5.63. The molecule has 1 unspecified atom stereocenters. The van der Waals surface area contributed by atoms with Gasteiger partial charge in [-0.25, -0.2) is 9.59 Å². The van der Waals surface area contributed by atoms with Crippen LogP contribution in [0.15, 0.2) is 54.6 Å². The van der Waals surface area contributed by atoms with Gasteiger partial charge in [0.15, 0.2) is 0 Å². The number of hydrogen-bond donors (Lipinski definition) is 2. The first-order valence-electron chi connectivity index (χ1n) is 13.2. The zero-order chi connectivity index (χ0) is 27.4. The number of amides is 2. The van der Waals surface area contributed by atoms with Crippen LogP contribution in [0.25, 0.3) is 11.1 Å². The lowest BCUT2D eigenvalue weighted by molar-refractivity contribution is -0.149. The normalized spacial score (nSPS) is 12.7. The van der Waals surface area contributed by atoms with Gasteiger partial charge >= 0.3 is 18.0 Å². The smallest absolute Gasteiger partial charge is 0.326 e. The largest absolute Gasteiger partial charge is 0.480 e. The number of nitrogens with one attached hydrogen (secondary N) is 1. The monoisotopic (exact) mass is 510 g/mol. The third kappa shape index (κ3) is 10.3. The van der Waals surface area contributed by atoms with Crippen LogP contribution in [0.2, 0.25) is 0 Å². The number of nitrogens with zero attached hydrogens (tertiary/aromatic N) is 1. The van der Waals surface area contributed by atoms with Crippen molar-refractivity contribution in [3.63, 3.8) is 0 Å². The topological polar surface area (TPSA) is 95.9 Å². The molecule has 0 aromatic heterocycles. The molecule has 202 valence electrons. The number of rotatable bonds is 14. The minimum atomic E-state index is -1.10. The molecule has 2 amide bonds. The molecular formula is C30H42N2O5. The average Bonchev–Trinajstić information content (AvgIpc) is 2.86. The summed E-state index contributed by atoms with van der Waals surface area (Å²) in [7, 11) is 0. The van der Waals surface area contributed by atoms with Gasteiger partial charge in [0.1, 0.15) is 6.04 Å². The SMILES string of the molecule is CCOC(=O)C(CCC(C)C)CN(CC(C)C)C(=O)N[C@@H](Cc1ccc(-c2ccccc2)cc1)C(=O)O. The Hall–Kier alpha value is -3.35. The highest BCUT2D eigenvalue weighted by molar-refractivity contribution is 5.83. The second-order valence-electron chi connectivity index (χ2n) is 10.3. The van der Waals surface area contributed by atoms with E-state index in [0.717, 1.165) is 23.1 Å². The molecular weight excluding hydrogens is 468 g/mol. The fourth-order valence-electron chi connectivity index (χ4n) is 4.17. The van der Waals surface area contributed by atoms with Gasteiger partial charge in [0.25, 0.3) is 0 Å². The minimum Gasteiger partial charge on any atom is -0.480 e. The Kier molecular flexibility index (Phi) is 12.1. The number of carboxylic acids is 1. The number of benzene rings is 2.